The van der Waals surface area contributed by atoms with Crippen LogP contribution >= 0.6 is 0 Å². The van der Waals surface area contributed by atoms with E-state index in [1.54, 1.807) is 0 Å². The summed E-state index contributed by atoms with van der Waals surface area (Å²) in [5, 5.41) is 17.3. The molecule has 1 fully saturated rings. The number of carboxylic acids is 1. The topological polar surface area (TPSA) is 68.0 Å². The van der Waals surface area contributed by atoms with Crippen molar-refractivity contribution < 1.29 is 9.90 Å². The quantitative estimate of drug-likeness (QED) is 0.840. The van der Waals surface area contributed by atoms with Crippen molar-refractivity contribution in [2.24, 2.45) is 0 Å². The molecular weight excluding hydrogens is 206 g/mol. The number of carbonyl (C=O) groups is 1. The molecule has 0 aliphatic heterocycles. The van der Waals surface area contributed by atoms with E-state index in [-0.39, 0.29) is 12.3 Å². The highest BCUT2D eigenvalue weighted by Crippen LogP contribution is 2.40. The fourth-order valence-electron chi connectivity index (χ4n) is 2.59. The lowest BCUT2D eigenvalue weighted by Gasteiger charge is -2.21. The van der Waals surface area contributed by atoms with Gasteiger partial charge in [0.1, 0.15) is 0 Å². The van der Waals surface area contributed by atoms with E-state index in [2.05, 4.69) is 10.3 Å². The van der Waals surface area contributed by atoms with E-state index in [0.717, 1.165) is 43.5 Å². The molecule has 5 heteroatoms. The normalized spacial score (nSPS) is 24.1. The molecule has 0 amide bonds. The van der Waals surface area contributed by atoms with Gasteiger partial charge in [-0.05, 0) is 32.1 Å². The van der Waals surface area contributed by atoms with Crippen molar-refractivity contribution >= 4 is 5.97 Å². The van der Waals surface area contributed by atoms with Gasteiger partial charge in [0.05, 0.1) is 23.9 Å². The number of carboxylic acid groups (broad SMARTS) is 1. The second-order valence-corrected chi connectivity index (χ2v) is 4.78. The van der Waals surface area contributed by atoms with E-state index in [9.17, 15) is 4.79 Å². The Morgan fingerprint density at radius 1 is 1.44 bits per heavy atom. The summed E-state index contributed by atoms with van der Waals surface area (Å²) in [4.78, 5) is 10.8. The molecule has 1 aromatic rings. The number of aromatic nitrogens is 3. The lowest BCUT2D eigenvalue weighted by atomic mass is 9.87. The number of aryl methyl sites for hydroxylation is 1. The SMILES string of the molecule is O=C(O)CC1CCCc2nnn(C3CC3)c21. The average molecular weight is 221 g/mol. The third kappa shape index (κ3) is 1.60. The standard InChI is InChI=1S/C11H15N3O2/c15-10(16)6-7-2-1-3-9-11(7)14(13-12-9)8-4-5-8/h7-8H,1-6H2,(H,15,16). The van der Waals surface area contributed by atoms with Crippen molar-refractivity contribution in [2.75, 3.05) is 0 Å². The van der Waals surface area contributed by atoms with Crippen LogP contribution in [0.15, 0.2) is 0 Å². The van der Waals surface area contributed by atoms with Crippen LogP contribution in [0.2, 0.25) is 0 Å². The van der Waals surface area contributed by atoms with Crippen LogP contribution in [0.5, 0.6) is 0 Å². The summed E-state index contributed by atoms with van der Waals surface area (Å²) < 4.78 is 1.99. The Bertz CT molecular complexity index is 423. The van der Waals surface area contributed by atoms with Gasteiger partial charge in [0.15, 0.2) is 0 Å². The van der Waals surface area contributed by atoms with Gasteiger partial charge < -0.3 is 5.11 Å². The maximum Gasteiger partial charge on any atom is 0.304 e. The first-order valence-electron chi connectivity index (χ1n) is 5.91. The number of aliphatic carboxylic acids is 1. The molecule has 3 rings (SSSR count). The zero-order valence-electron chi connectivity index (χ0n) is 9.09. The molecule has 1 aromatic heterocycles. The van der Waals surface area contributed by atoms with Gasteiger partial charge in [0, 0.05) is 5.92 Å². The van der Waals surface area contributed by atoms with Crippen LogP contribution in [0.4, 0.5) is 0 Å². The first-order valence-corrected chi connectivity index (χ1v) is 5.91. The van der Waals surface area contributed by atoms with Gasteiger partial charge >= 0.3 is 5.97 Å². The van der Waals surface area contributed by atoms with Gasteiger partial charge in [-0.1, -0.05) is 5.21 Å². The molecular formula is C11H15N3O2. The smallest absolute Gasteiger partial charge is 0.304 e. The van der Waals surface area contributed by atoms with Gasteiger partial charge in [-0.25, -0.2) is 4.68 Å². The van der Waals surface area contributed by atoms with Crippen LogP contribution in [-0.2, 0) is 11.2 Å². The predicted octanol–water partition coefficient (Wildman–Crippen LogP) is 1.51. The Labute approximate surface area is 93.5 Å². The molecule has 0 radical (unpaired) electrons. The van der Waals surface area contributed by atoms with E-state index < -0.39 is 5.97 Å². The van der Waals surface area contributed by atoms with Crippen molar-refractivity contribution in [3.63, 3.8) is 0 Å². The molecule has 86 valence electrons. The van der Waals surface area contributed by atoms with Gasteiger partial charge in [0.25, 0.3) is 0 Å². The second kappa shape index (κ2) is 3.57. The summed E-state index contributed by atoms with van der Waals surface area (Å²) in [6, 6.07) is 0.491. The van der Waals surface area contributed by atoms with Crippen LogP contribution in [0.1, 0.15) is 55.5 Å². The Morgan fingerprint density at radius 3 is 2.94 bits per heavy atom. The Morgan fingerprint density at radius 2 is 2.25 bits per heavy atom. The van der Waals surface area contributed by atoms with E-state index in [4.69, 9.17) is 5.11 Å². The number of hydrogen-bond acceptors (Lipinski definition) is 3. The summed E-state index contributed by atoms with van der Waals surface area (Å²) >= 11 is 0. The van der Waals surface area contributed by atoms with Gasteiger partial charge in [-0.3, -0.25) is 4.79 Å². The molecule has 16 heavy (non-hydrogen) atoms. The van der Waals surface area contributed by atoms with Crippen LogP contribution < -0.4 is 0 Å². The van der Waals surface area contributed by atoms with Crippen LogP contribution in [-0.4, -0.2) is 26.1 Å². The largest absolute Gasteiger partial charge is 0.481 e. The Kier molecular flexibility index (Phi) is 2.19. The molecule has 0 spiro atoms. The van der Waals surface area contributed by atoms with Crippen LogP contribution in [0.25, 0.3) is 0 Å². The summed E-state index contributed by atoms with van der Waals surface area (Å²) in [5.41, 5.74) is 2.14. The predicted molar refractivity (Wildman–Crippen MR) is 56.2 cm³/mol. The highest BCUT2D eigenvalue weighted by Gasteiger charge is 2.34. The number of rotatable bonds is 3. The number of hydrogen-bond donors (Lipinski definition) is 1. The van der Waals surface area contributed by atoms with E-state index in [1.807, 2.05) is 4.68 Å². The van der Waals surface area contributed by atoms with E-state index in [1.165, 1.54) is 0 Å². The van der Waals surface area contributed by atoms with Gasteiger partial charge in [0.2, 0.25) is 0 Å². The maximum absolute atomic E-state index is 10.8. The average Bonchev–Trinajstić information content (AvgIpc) is 2.98. The lowest BCUT2D eigenvalue weighted by molar-refractivity contribution is -0.137. The molecule has 0 saturated heterocycles. The van der Waals surface area contributed by atoms with E-state index in [0.29, 0.717) is 6.04 Å². The second-order valence-electron chi connectivity index (χ2n) is 4.78. The third-order valence-corrected chi connectivity index (χ3v) is 3.47. The summed E-state index contributed by atoms with van der Waals surface area (Å²) in [7, 11) is 0. The minimum absolute atomic E-state index is 0.122. The molecule has 1 unspecified atom stereocenters. The third-order valence-electron chi connectivity index (χ3n) is 3.47. The van der Waals surface area contributed by atoms with Crippen molar-refractivity contribution in [1.82, 2.24) is 15.0 Å². The van der Waals surface area contributed by atoms with Gasteiger partial charge in [-0.15, -0.1) is 5.10 Å². The van der Waals surface area contributed by atoms with Crippen molar-refractivity contribution in [2.45, 2.75) is 50.5 Å². The molecule has 1 atom stereocenters. The molecule has 2 aliphatic rings. The number of nitrogens with zero attached hydrogens (tertiary/aromatic N) is 3. The molecule has 1 heterocycles. The Balaban J connectivity index is 1.94. The molecule has 1 saturated carbocycles. The minimum atomic E-state index is -0.721. The highest BCUT2D eigenvalue weighted by molar-refractivity contribution is 5.68. The summed E-state index contributed by atoms with van der Waals surface area (Å²) in [6.45, 7) is 0. The number of fused-ring (bicyclic) bond motifs is 1. The zero-order chi connectivity index (χ0) is 11.1. The highest BCUT2D eigenvalue weighted by atomic mass is 16.4. The zero-order valence-corrected chi connectivity index (χ0v) is 9.09. The maximum atomic E-state index is 10.8. The van der Waals surface area contributed by atoms with Crippen LogP contribution in [0, 0.1) is 0 Å². The Hall–Kier alpha value is -1.39. The molecule has 0 aromatic carbocycles. The van der Waals surface area contributed by atoms with Crippen molar-refractivity contribution in [1.29, 1.82) is 0 Å². The van der Waals surface area contributed by atoms with Crippen molar-refractivity contribution in [3.8, 4) is 0 Å². The summed E-state index contributed by atoms with van der Waals surface area (Å²) in [6.07, 6.45) is 5.49. The summed E-state index contributed by atoms with van der Waals surface area (Å²) in [5.74, 6) is -0.599. The minimum Gasteiger partial charge on any atom is -0.481 e. The van der Waals surface area contributed by atoms with Crippen molar-refractivity contribution in [3.05, 3.63) is 11.4 Å². The molecule has 5 nitrogen and oxygen atoms in total. The molecule has 1 N–H and O–H groups in total. The lowest BCUT2D eigenvalue weighted by Crippen LogP contribution is -2.17. The molecule has 0 bridgehead atoms. The van der Waals surface area contributed by atoms with Gasteiger partial charge in [-0.2, -0.15) is 0 Å². The fraction of sp³-hybridized carbons (Fsp3) is 0.727. The first kappa shape index (κ1) is 9.81. The van der Waals surface area contributed by atoms with Crippen LogP contribution in [0.3, 0.4) is 0 Å². The monoisotopic (exact) mass is 221 g/mol. The van der Waals surface area contributed by atoms with E-state index >= 15 is 0 Å². The first-order chi connectivity index (χ1) is 7.75. The molecule has 2 aliphatic carbocycles. The fourth-order valence-corrected chi connectivity index (χ4v) is 2.59.